The first-order valence-electron chi connectivity index (χ1n) is 10.4. The Hall–Kier alpha value is -2.25. The molecule has 29 heavy (non-hydrogen) atoms. The SMILES string of the molecule is CC(C)Oc1cc(OC(C)C)c2cc(C(=O)OCCN3CCNCC3C)oc2c1. The van der Waals surface area contributed by atoms with E-state index in [1.165, 1.54) is 0 Å². The van der Waals surface area contributed by atoms with E-state index in [1.54, 1.807) is 12.1 Å². The van der Waals surface area contributed by atoms with Crippen molar-refractivity contribution < 1.29 is 23.4 Å². The molecule has 0 saturated carbocycles. The molecular weight excluding hydrogens is 372 g/mol. The highest BCUT2D eigenvalue weighted by molar-refractivity contribution is 5.95. The number of carbonyl (C=O) groups excluding carboxylic acids is 1. The summed E-state index contributed by atoms with van der Waals surface area (Å²) in [5.41, 5.74) is 0.543. The highest BCUT2D eigenvalue weighted by atomic mass is 16.5. The average Bonchev–Trinajstić information content (AvgIpc) is 3.07. The number of hydrogen-bond donors (Lipinski definition) is 1. The lowest BCUT2D eigenvalue weighted by molar-refractivity contribution is 0.0394. The van der Waals surface area contributed by atoms with E-state index in [4.69, 9.17) is 18.6 Å². The smallest absolute Gasteiger partial charge is 0.374 e. The molecule has 1 aromatic carbocycles. The fourth-order valence-electron chi connectivity index (χ4n) is 3.42. The van der Waals surface area contributed by atoms with Gasteiger partial charge in [-0.1, -0.05) is 0 Å². The van der Waals surface area contributed by atoms with Gasteiger partial charge in [-0.2, -0.15) is 0 Å². The highest BCUT2D eigenvalue weighted by Gasteiger charge is 2.21. The number of nitrogens with zero attached hydrogens (tertiary/aromatic N) is 1. The number of furan rings is 1. The molecule has 0 radical (unpaired) electrons. The zero-order valence-corrected chi connectivity index (χ0v) is 18.0. The third kappa shape index (κ3) is 5.64. The molecule has 0 spiro atoms. The van der Waals surface area contributed by atoms with Crippen molar-refractivity contribution in [2.75, 3.05) is 32.8 Å². The molecule has 2 heterocycles. The summed E-state index contributed by atoms with van der Waals surface area (Å²) in [5.74, 6) is 0.977. The minimum absolute atomic E-state index is 0.0150. The molecule has 7 nitrogen and oxygen atoms in total. The van der Waals surface area contributed by atoms with Gasteiger partial charge in [0.25, 0.3) is 0 Å². The summed E-state index contributed by atoms with van der Waals surface area (Å²) in [6.45, 7) is 13.9. The summed E-state index contributed by atoms with van der Waals surface area (Å²) in [7, 11) is 0. The van der Waals surface area contributed by atoms with Crippen LogP contribution in [0.2, 0.25) is 0 Å². The molecule has 1 fully saturated rings. The monoisotopic (exact) mass is 404 g/mol. The van der Waals surface area contributed by atoms with Gasteiger partial charge in [0.05, 0.1) is 17.6 Å². The number of piperazine rings is 1. The third-order valence-electron chi connectivity index (χ3n) is 4.76. The second-order valence-electron chi connectivity index (χ2n) is 8.00. The molecule has 2 aromatic rings. The summed E-state index contributed by atoms with van der Waals surface area (Å²) >= 11 is 0. The Bertz CT molecular complexity index is 830. The summed E-state index contributed by atoms with van der Waals surface area (Å²) < 4.78 is 22.9. The van der Waals surface area contributed by atoms with Crippen LogP contribution in [0.3, 0.4) is 0 Å². The maximum atomic E-state index is 12.5. The van der Waals surface area contributed by atoms with E-state index in [0.29, 0.717) is 36.3 Å². The Balaban J connectivity index is 1.72. The van der Waals surface area contributed by atoms with Crippen molar-refractivity contribution in [3.8, 4) is 11.5 Å². The van der Waals surface area contributed by atoms with Gasteiger partial charge in [0.1, 0.15) is 23.7 Å². The molecule has 0 aliphatic carbocycles. The molecule has 1 aliphatic rings. The Labute approximate surface area is 172 Å². The molecule has 1 atom stereocenters. The standard InChI is InChI=1S/C22H32N2O5/c1-14(2)27-17-10-19(28-15(3)4)18-12-21(29-20(18)11-17)22(25)26-9-8-24-7-6-23-13-16(24)5/h10-12,14-16,23H,6-9,13H2,1-5H3. The lowest BCUT2D eigenvalue weighted by Crippen LogP contribution is -2.50. The molecule has 3 rings (SSSR count). The molecule has 0 amide bonds. The van der Waals surface area contributed by atoms with Crippen LogP contribution in [0.25, 0.3) is 11.0 Å². The van der Waals surface area contributed by atoms with Crippen LogP contribution in [0.1, 0.15) is 45.2 Å². The molecule has 1 saturated heterocycles. The number of hydrogen-bond acceptors (Lipinski definition) is 7. The molecule has 1 aliphatic heterocycles. The minimum atomic E-state index is -0.467. The topological polar surface area (TPSA) is 73.2 Å². The fourth-order valence-corrected chi connectivity index (χ4v) is 3.42. The highest BCUT2D eigenvalue weighted by Crippen LogP contribution is 2.35. The normalized spacial score (nSPS) is 17.8. The van der Waals surface area contributed by atoms with Crippen LogP contribution in [-0.4, -0.2) is 61.9 Å². The fraction of sp³-hybridized carbons (Fsp3) is 0.591. The van der Waals surface area contributed by atoms with Gasteiger partial charge in [-0.15, -0.1) is 0 Å². The van der Waals surface area contributed by atoms with Crippen molar-refractivity contribution in [1.82, 2.24) is 10.2 Å². The van der Waals surface area contributed by atoms with Gasteiger partial charge in [-0.25, -0.2) is 4.79 Å². The van der Waals surface area contributed by atoms with Gasteiger partial charge in [0.2, 0.25) is 5.76 Å². The summed E-state index contributed by atoms with van der Waals surface area (Å²) in [6.07, 6.45) is 0.00458. The van der Waals surface area contributed by atoms with Crippen molar-refractivity contribution in [3.05, 3.63) is 24.0 Å². The van der Waals surface area contributed by atoms with Gasteiger partial charge in [-0.05, 0) is 34.6 Å². The van der Waals surface area contributed by atoms with Gasteiger partial charge in [0.15, 0.2) is 0 Å². The van der Waals surface area contributed by atoms with E-state index in [-0.39, 0.29) is 18.0 Å². The second-order valence-corrected chi connectivity index (χ2v) is 8.00. The summed E-state index contributed by atoms with van der Waals surface area (Å²) in [6, 6.07) is 5.73. The van der Waals surface area contributed by atoms with E-state index in [1.807, 2.05) is 33.8 Å². The Morgan fingerprint density at radius 2 is 1.97 bits per heavy atom. The third-order valence-corrected chi connectivity index (χ3v) is 4.76. The number of rotatable bonds is 8. The molecular formula is C22H32N2O5. The van der Waals surface area contributed by atoms with E-state index < -0.39 is 5.97 Å². The minimum Gasteiger partial charge on any atom is -0.491 e. The van der Waals surface area contributed by atoms with E-state index >= 15 is 0 Å². The number of carbonyl (C=O) groups is 1. The molecule has 1 N–H and O–H groups in total. The first-order valence-corrected chi connectivity index (χ1v) is 10.4. The van der Waals surface area contributed by atoms with E-state index in [9.17, 15) is 4.79 Å². The molecule has 1 unspecified atom stereocenters. The Kier molecular flexibility index (Phi) is 7.03. The van der Waals surface area contributed by atoms with Crippen molar-refractivity contribution in [2.24, 2.45) is 0 Å². The van der Waals surface area contributed by atoms with E-state index in [0.717, 1.165) is 25.0 Å². The lowest BCUT2D eigenvalue weighted by atomic mass is 10.2. The maximum absolute atomic E-state index is 12.5. The van der Waals surface area contributed by atoms with Crippen LogP contribution in [-0.2, 0) is 4.74 Å². The molecule has 160 valence electrons. The number of benzene rings is 1. The quantitative estimate of drug-likeness (QED) is 0.676. The van der Waals surface area contributed by atoms with Crippen LogP contribution in [0.4, 0.5) is 0 Å². The van der Waals surface area contributed by atoms with Crippen LogP contribution in [0.5, 0.6) is 11.5 Å². The zero-order valence-electron chi connectivity index (χ0n) is 18.0. The molecule has 0 bridgehead atoms. The Morgan fingerprint density at radius 3 is 2.66 bits per heavy atom. The van der Waals surface area contributed by atoms with E-state index in [2.05, 4.69) is 17.1 Å². The lowest BCUT2D eigenvalue weighted by Gasteiger charge is -2.33. The van der Waals surface area contributed by atoms with Crippen molar-refractivity contribution in [1.29, 1.82) is 0 Å². The van der Waals surface area contributed by atoms with Crippen molar-refractivity contribution in [2.45, 2.75) is 52.9 Å². The first-order chi connectivity index (χ1) is 13.8. The molecule has 7 heteroatoms. The maximum Gasteiger partial charge on any atom is 0.374 e. The van der Waals surface area contributed by atoms with Crippen LogP contribution in [0.15, 0.2) is 22.6 Å². The number of ether oxygens (including phenoxy) is 3. The Morgan fingerprint density at radius 1 is 1.21 bits per heavy atom. The van der Waals surface area contributed by atoms with Crippen LogP contribution < -0.4 is 14.8 Å². The number of esters is 1. The average molecular weight is 405 g/mol. The van der Waals surface area contributed by atoms with Gasteiger partial charge < -0.3 is 23.9 Å². The first kappa shape index (κ1) is 21.5. The van der Waals surface area contributed by atoms with Crippen molar-refractivity contribution >= 4 is 16.9 Å². The summed E-state index contributed by atoms with van der Waals surface area (Å²) in [4.78, 5) is 14.8. The largest absolute Gasteiger partial charge is 0.491 e. The van der Waals surface area contributed by atoms with Gasteiger partial charge in [-0.3, -0.25) is 4.90 Å². The van der Waals surface area contributed by atoms with Crippen molar-refractivity contribution in [3.63, 3.8) is 0 Å². The van der Waals surface area contributed by atoms with Gasteiger partial charge >= 0.3 is 5.97 Å². The zero-order chi connectivity index (χ0) is 21.0. The molecule has 1 aromatic heterocycles. The van der Waals surface area contributed by atoms with Gasteiger partial charge in [0, 0.05) is 50.4 Å². The predicted molar refractivity (Wildman–Crippen MR) is 112 cm³/mol. The number of nitrogens with one attached hydrogen (secondary N) is 1. The predicted octanol–water partition coefficient (Wildman–Crippen LogP) is 3.46. The summed E-state index contributed by atoms with van der Waals surface area (Å²) in [5, 5.41) is 4.09. The van der Waals surface area contributed by atoms with Crippen LogP contribution in [0, 0.1) is 0 Å². The second kappa shape index (κ2) is 9.50. The van der Waals surface area contributed by atoms with Crippen LogP contribution >= 0.6 is 0 Å². The number of fused-ring (bicyclic) bond motifs is 1.